The van der Waals surface area contributed by atoms with E-state index in [2.05, 4.69) is 32.3 Å². The van der Waals surface area contributed by atoms with E-state index in [0.717, 1.165) is 39.7 Å². The summed E-state index contributed by atoms with van der Waals surface area (Å²) in [5.74, 6) is 2.79. The van der Waals surface area contributed by atoms with Crippen molar-refractivity contribution in [2.45, 2.75) is 26.2 Å². The lowest BCUT2D eigenvalue weighted by Gasteiger charge is -2.10. The number of nitrogens with zero attached hydrogens (tertiary/aromatic N) is 1. The molecule has 1 saturated carbocycles. The average molecular weight is 455 g/mol. The molecule has 0 atom stereocenters. The third-order valence-corrected chi connectivity index (χ3v) is 5.43. The lowest BCUT2D eigenvalue weighted by molar-refractivity contribution is -0.118. The summed E-state index contributed by atoms with van der Waals surface area (Å²) in [4.78, 5) is 15.6. The number of hydrogen-bond acceptors (Lipinski definition) is 4. The minimum absolute atomic E-state index is 0.0107. The maximum absolute atomic E-state index is 11.0. The summed E-state index contributed by atoms with van der Waals surface area (Å²) in [6.07, 6.45) is 3.32. The fourth-order valence-corrected chi connectivity index (χ4v) is 3.50. The van der Waals surface area contributed by atoms with Crippen molar-refractivity contribution in [2.24, 2.45) is 5.92 Å². The Balaban J connectivity index is 1.42. The highest BCUT2D eigenvalue weighted by Crippen LogP contribution is 2.34. The zero-order valence-corrected chi connectivity index (χ0v) is 17.9. The van der Waals surface area contributed by atoms with Gasteiger partial charge in [-0.15, -0.1) is 0 Å². The fourth-order valence-electron chi connectivity index (χ4n) is 3.03. The molecule has 150 valence electrons. The Hall–Kier alpha value is -2.60. The Morgan fingerprint density at radius 3 is 2.79 bits per heavy atom. The standard InChI is InChI=1S/C23H23BrN2O3/c1-15(27)25-11-10-16-4-7-21-18(12-16)5-9-23(26-21)29-19-6-8-22(20(24)13-19)28-14-17-2-3-17/h4-9,12-13,17H,2-3,10-11,14H2,1H3,(H,25,27). The van der Waals surface area contributed by atoms with Crippen LogP contribution in [0.1, 0.15) is 25.3 Å². The Morgan fingerprint density at radius 2 is 2.03 bits per heavy atom. The van der Waals surface area contributed by atoms with Crippen LogP contribution in [0.5, 0.6) is 17.4 Å². The van der Waals surface area contributed by atoms with Gasteiger partial charge < -0.3 is 14.8 Å². The molecule has 2 aromatic carbocycles. The van der Waals surface area contributed by atoms with Gasteiger partial charge in [0.2, 0.25) is 11.8 Å². The highest BCUT2D eigenvalue weighted by atomic mass is 79.9. The Bertz CT molecular complexity index is 1030. The third-order valence-electron chi connectivity index (χ3n) is 4.81. The molecular formula is C23H23BrN2O3. The topological polar surface area (TPSA) is 60.5 Å². The second-order valence-electron chi connectivity index (χ2n) is 7.36. The van der Waals surface area contributed by atoms with Gasteiger partial charge in [0.1, 0.15) is 11.5 Å². The molecule has 1 amide bonds. The van der Waals surface area contributed by atoms with Crippen LogP contribution in [0.2, 0.25) is 0 Å². The van der Waals surface area contributed by atoms with Crippen molar-refractivity contribution < 1.29 is 14.3 Å². The Labute approximate surface area is 178 Å². The summed E-state index contributed by atoms with van der Waals surface area (Å²) < 4.78 is 12.6. The van der Waals surface area contributed by atoms with E-state index in [9.17, 15) is 4.79 Å². The van der Waals surface area contributed by atoms with Gasteiger partial charge in [-0.2, -0.15) is 0 Å². The Morgan fingerprint density at radius 1 is 1.17 bits per heavy atom. The first-order chi connectivity index (χ1) is 14.1. The molecule has 1 fully saturated rings. The number of pyridine rings is 1. The molecule has 1 N–H and O–H groups in total. The van der Waals surface area contributed by atoms with E-state index in [-0.39, 0.29) is 5.91 Å². The molecule has 1 aliphatic rings. The largest absolute Gasteiger partial charge is 0.492 e. The van der Waals surface area contributed by atoms with Crippen molar-refractivity contribution in [3.05, 3.63) is 58.6 Å². The van der Waals surface area contributed by atoms with Crippen molar-refractivity contribution >= 4 is 32.7 Å². The smallest absolute Gasteiger partial charge is 0.219 e. The SMILES string of the molecule is CC(=O)NCCc1ccc2nc(Oc3ccc(OCC4CC4)c(Br)c3)ccc2c1. The van der Waals surface area contributed by atoms with Crippen molar-refractivity contribution in [1.29, 1.82) is 0 Å². The molecule has 0 saturated heterocycles. The summed E-state index contributed by atoms with van der Waals surface area (Å²) in [7, 11) is 0. The van der Waals surface area contributed by atoms with Gasteiger partial charge >= 0.3 is 0 Å². The predicted molar refractivity (Wildman–Crippen MR) is 117 cm³/mol. The third kappa shape index (κ3) is 5.48. The van der Waals surface area contributed by atoms with Crippen LogP contribution in [0, 0.1) is 5.92 Å². The van der Waals surface area contributed by atoms with E-state index < -0.39 is 0 Å². The van der Waals surface area contributed by atoms with Crippen molar-refractivity contribution in [3.8, 4) is 17.4 Å². The second-order valence-corrected chi connectivity index (χ2v) is 8.21. The van der Waals surface area contributed by atoms with Crippen molar-refractivity contribution in [1.82, 2.24) is 10.3 Å². The van der Waals surface area contributed by atoms with E-state index in [1.165, 1.54) is 19.8 Å². The zero-order valence-electron chi connectivity index (χ0n) is 16.3. The molecule has 0 bridgehead atoms. The highest BCUT2D eigenvalue weighted by molar-refractivity contribution is 9.10. The molecule has 0 aliphatic heterocycles. The summed E-state index contributed by atoms with van der Waals surface area (Å²) in [5.41, 5.74) is 2.03. The van der Waals surface area contributed by atoms with Crippen LogP contribution < -0.4 is 14.8 Å². The predicted octanol–water partition coefficient (Wildman–Crippen LogP) is 5.26. The maximum atomic E-state index is 11.0. The zero-order chi connectivity index (χ0) is 20.2. The lowest BCUT2D eigenvalue weighted by atomic mass is 10.1. The van der Waals surface area contributed by atoms with Crippen LogP contribution >= 0.6 is 15.9 Å². The number of halogens is 1. The van der Waals surface area contributed by atoms with E-state index >= 15 is 0 Å². The average Bonchev–Trinajstić information content (AvgIpc) is 3.52. The minimum atomic E-state index is -0.0107. The molecule has 5 nitrogen and oxygen atoms in total. The van der Waals surface area contributed by atoms with Crippen LogP contribution in [-0.2, 0) is 11.2 Å². The number of fused-ring (bicyclic) bond motifs is 1. The van der Waals surface area contributed by atoms with Crippen LogP contribution in [0.4, 0.5) is 0 Å². The molecule has 3 aromatic rings. The number of aromatic nitrogens is 1. The number of carbonyl (C=O) groups excluding carboxylic acids is 1. The van der Waals surface area contributed by atoms with E-state index in [4.69, 9.17) is 9.47 Å². The maximum Gasteiger partial charge on any atom is 0.219 e. The molecule has 1 aliphatic carbocycles. The van der Waals surface area contributed by atoms with Crippen LogP contribution in [0.15, 0.2) is 53.0 Å². The fraction of sp³-hybridized carbons (Fsp3) is 0.304. The van der Waals surface area contributed by atoms with Gasteiger partial charge in [-0.05, 0) is 83.1 Å². The van der Waals surface area contributed by atoms with Gasteiger partial charge in [0, 0.05) is 24.9 Å². The highest BCUT2D eigenvalue weighted by Gasteiger charge is 2.22. The van der Waals surface area contributed by atoms with Crippen LogP contribution in [-0.4, -0.2) is 24.0 Å². The van der Waals surface area contributed by atoms with Gasteiger partial charge in [0.15, 0.2) is 0 Å². The normalized spacial score (nSPS) is 13.3. The first-order valence-electron chi connectivity index (χ1n) is 9.81. The monoisotopic (exact) mass is 454 g/mol. The van der Waals surface area contributed by atoms with Gasteiger partial charge in [-0.1, -0.05) is 6.07 Å². The molecular weight excluding hydrogens is 432 g/mol. The van der Waals surface area contributed by atoms with Crippen LogP contribution in [0.3, 0.4) is 0 Å². The number of benzene rings is 2. The second kappa shape index (κ2) is 8.82. The molecule has 1 heterocycles. The number of hydrogen-bond donors (Lipinski definition) is 1. The summed E-state index contributed by atoms with van der Waals surface area (Å²) in [5, 5.41) is 3.86. The van der Waals surface area contributed by atoms with Crippen LogP contribution in [0.25, 0.3) is 10.9 Å². The molecule has 0 unspecified atom stereocenters. The van der Waals surface area contributed by atoms with Crippen molar-refractivity contribution in [2.75, 3.05) is 13.2 Å². The van der Waals surface area contributed by atoms with Gasteiger partial charge in [-0.3, -0.25) is 4.79 Å². The number of amides is 1. The van der Waals surface area contributed by atoms with Gasteiger partial charge in [0.05, 0.1) is 16.6 Å². The van der Waals surface area contributed by atoms with E-state index in [1.54, 1.807) is 0 Å². The van der Waals surface area contributed by atoms with Gasteiger partial charge in [0.25, 0.3) is 0 Å². The quantitative estimate of drug-likeness (QED) is 0.504. The Kier molecular flexibility index (Phi) is 6.00. The molecule has 29 heavy (non-hydrogen) atoms. The molecule has 0 radical (unpaired) electrons. The minimum Gasteiger partial charge on any atom is -0.492 e. The number of rotatable bonds is 8. The molecule has 4 rings (SSSR count). The van der Waals surface area contributed by atoms with E-state index in [0.29, 0.717) is 24.1 Å². The number of carbonyl (C=O) groups is 1. The summed E-state index contributed by atoms with van der Waals surface area (Å²) >= 11 is 3.56. The lowest BCUT2D eigenvalue weighted by Crippen LogP contribution is -2.22. The summed E-state index contributed by atoms with van der Waals surface area (Å²) in [6.45, 7) is 2.93. The number of ether oxygens (including phenoxy) is 2. The van der Waals surface area contributed by atoms with Gasteiger partial charge in [-0.25, -0.2) is 4.98 Å². The van der Waals surface area contributed by atoms with Crippen molar-refractivity contribution in [3.63, 3.8) is 0 Å². The molecule has 0 spiro atoms. The first-order valence-corrected chi connectivity index (χ1v) is 10.6. The summed E-state index contributed by atoms with van der Waals surface area (Å²) in [6, 6.07) is 15.7. The number of nitrogens with one attached hydrogen (secondary N) is 1. The van der Waals surface area contributed by atoms with E-state index in [1.807, 2.05) is 42.5 Å². The molecule has 6 heteroatoms. The first kappa shape index (κ1) is 19.7. The molecule has 1 aromatic heterocycles.